The third-order valence-corrected chi connectivity index (χ3v) is 4.06. The maximum absolute atomic E-state index is 12.9. The number of oxazole rings is 1. The smallest absolute Gasteiger partial charge is 0.416 e. The molecule has 0 saturated heterocycles. The van der Waals surface area contributed by atoms with Gasteiger partial charge in [0.05, 0.1) is 11.6 Å². The second-order valence-corrected chi connectivity index (χ2v) is 5.82. The van der Waals surface area contributed by atoms with Crippen LogP contribution < -0.4 is 11.1 Å². The van der Waals surface area contributed by atoms with Crippen molar-refractivity contribution in [2.45, 2.75) is 39.0 Å². The molecule has 0 spiro atoms. The molecule has 0 bridgehead atoms. The molecule has 2 unspecified atom stereocenters. The summed E-state index contributed by atoms with van der Waals surface area (Å²) < 4.78 is 44.1. The summed E-state index contributed by atoms with van der Waals surface area (Å²) in [6, 6.07) is 4.62. The molecule has 5 nitrogen and oxygen atoms in total. The molecule has 0 fully saturated rings. The number of halogens is 3. The minimum atomic E-state index is -4.48. The van der Waals surface area contributed by atoms with Crippen LogP contribution in [0.5, 0.6) is 0 Å². The molecule has 0 radical (unpaired) electrons. The summed E-state index contributed by atoms with van der Waals surface area (Å²) in [4.78, 5) is 16.1. The molecule has 25 heavy (non-hydrogen) atoms. The fourth-order valence-corrected chi connectivity index (χ4v) is 2.26. The van der Waals surface area contributed by atoms with Crippen LogP contribution in [-0.2, 0) is 12.7 Å². The van der Waals surface area contributed by atoms with Crippen LogP contribution in [0, 0.1) is 5.92 Å². The first-order valence-corrected chi connectivity index (χ1v) is 7.88. The molecule has 1 amide bonds. The monoisotopic (exact) mass is 355 g/mol. The molecular weight excluding hydrogens is 335 g/mol. The summed E-state index contributed by atoms with van der Waals surface area (Å²) in [5.41, 5.74) is 5.16. The Labute approximate surface area is 143 Å². The van der Waals surface area contributed by atoms with E-state index in [0.717, 1.165) is 18.8 Å². The quantitative estimate of drug-likeness (QED) is 0.828. The molecule has 2 rings (SSSR count). The van der Waals surface area contributed by atoms with Gasteiger partial charge in [-0.1, -0.05) is 38.5 Å². The van der Waals surface area contributed by atoms with Gasteiger partial charge in [-0.25, -0.2) is 4.98 Å². The van der Waals surface area contributed by atoms with Crippen molar-refractivity contribution < 1.29 is 22.4 Å². The van der Waals surface area contributed by atoms with E-state index in [4.69, 9.17) is 10.2 Å². The van der Waals surface area contributed by atoms with E-state index in [1.165, 1.54) is 18.2 Å². The number of carbonyl (C=O) groups is 1. The number of amides is 1. The Morgan fingerprint density at radius 2 is 2.04 bits per heavy atom. The first kappa shape index (κ1) is 19.0. The van der Waals surface area contributed by atoms with Crippen molar-refractivity contribution in [2.24, 2.45) is 11.7 Å². The third-order valence-electron chi connectivity index (χ3n) is 4.06. The number of hydrogen-bond acceptors (Lipinski definition) is 4. The fourth-order valence-electron chi connectivity index (χ4n) is 2.26. The summed E-state index contributed by atoms with van der Waals surface area (Å²) in [5, 5.41) is 2.42. The van der Waals surface area contributed by atoms with Gasteiger partial charge in [0.2, 0.25) is 5.89 Å². The van der Waals surface area contributed by atoms with E-state index in [1.54, 1.807) is 0 Å². The topological polar surface area (TPSA) is 81.1 Å². The minimum absolute atomic E-state index is 0.0155. The van der Waals surface area contributed by atoms with Gasteiger partial charge in [-0.05, 0) is 17.5 Å². The van der Waals surface area contributed by atoms with Crippen molar-refractivity contribution in [1.82, 2.24) is 10.3 Å². The van der Waals surface area contributed by atoms with Crippen LogP contribution in [0.25, 0.3) is 0 Å². The number of benzene rings is 1. The summed E-state index contributed by atoms with van der Waals surface area (Å²) in [7, 11) is 0. The van der Waals surface area contributed by atoms with Crippen LogP contribution in [0.1, 0.15) is 53.8 Å². The van der Waals surface area contributed by atoms with Crippen LogP contribution in [0.3, 0.4) is 0 Å². The predicted molar refractivity (Wildman–Crippen MR) is 85.5 cm³/mol. The molecule has 1 aromatic heterocycles. The molecule has 2 aromatic rings. The van der Waals surface area contributed by atoms with Crippen molar-refractivity contribution in [3.63, 3.8) is 0 Å². The van der Waals surface area contributed by atoms with E-state index in [9.17, 15) is 18.0 Å². The zero-order chi connectivity index (χ0) is 18.6. The van der Waals surface area contributed by atoms with E-state index < -0.39 is 23.7 Å². The highest BCUT2D eigenvalue weighted by atomic mass is 19.4. The summed E-state index contributed by atoms with van der Waals surface area (Å²) >= 11 is 0. The standard InChI is InChI=1S/C17H20F3N3O2/c1-3-10(2)14(21)16-23-13(9-25-16)15(24)22-8-11-6-4-5-7-12(11)17(18,19)20/h4-7,9-10,14H,3,8,21H2,1-2H3,(H,22,24). The Morgan fingerprint density at radius 3 is 2.68 bits per heavy atom. The predicted octanol–water partition coefficient (Wildman–Crippen LogP) is 3.67. The normalized spacial score (nSPS) is 14.2. The number of nitrogens with zero attached hydrogens (tertiary/aromatic N) is 1. The number of aromatic nitrogens is 1. The molecule has 0 aliphatic heterocycles. The number of rotatable bonds is 6. The zero-order valence-corrected chi connectivity index (χ0v) is 13.9. The lowest BCUT2D eigenvalue weighted by atomic mass is 10.0. The van der Waals surface area contributed by atoms with Crippen molar-refractivity contribution in [3.05, 3.63) is 53.2 Å². The minimum Gasteiger partial charge on any atom is -0.446 e. The number of alkyl halides is 3. The van der Waals surface area contributed by atoms with Gasteiger partial charge in [0.25, 0.3) is 5.91 Å². The van der Waals surface area contributed by atoms with E-state index >= 15 is 0 Å². The highest BCUT2D eigenvalue weighted by Crippen LogP contribution is 2.31. The van der Waals surface area contributed by atoms with E-state index in [1.807, 2.05) is 13.8 Å². The van der Waals surface area contributed by atoms with E-state index in [2.05, 4.69) is 10.3 Å². The van der Waals surface area contributed by atoms with Gasteiger partial charge in [0, 0.05) is 6.54 Å². The Kier molecular flexibility index (Phi) is 5.84. The second kappa shape index (κ2) is 7.69. The molecule has 0 aliphatic rings. The molecule has 0 aliphatic carbocycles. The van der Waals surface area contributed by atoms with Gasteiger partial charge in [-0.3, -0.25) is 4.79 Å². The summed E-state index contributed by atoms with van der Waals surface area (Å²) in [6.07, 6.45) is -2.51. The molecule has 2 atom stereocenters. The van der Waals surface area contributed by atoms with Crippen LogP contribution in [0.4, 0.5) is 13.2 Å². The fraction of sp³-hybridized carbons (Fsp3) is 0.412. The number of hydrogen-bond donors (Lipinski definition) is 2. The Morgan fingerprint density at radius 1 is 1.36 bits per heavy atom. The molecule has 0 saturated carbocycles. The average molecular weight is 355 g/mol. The Balaban J connectivity index is 2.06. The SMILES string of the molecule is CCC(C)C(N)c1nc(C(=O)NCc2ccccc2C(F)(F)F)co1. The highest BCUT2D eigenvalue weighted by molar-refractivity contribution is 5.91. The lowest BCUT2D eigenvalue weighted by Gasteiger charge is -2.14. The zero-order valence-electron chi connectivity index (χ0n) is 13.9. The molecule has 1 aromatic carbocycles. The van der Waals surface area contributed by atoms with Gasteiger partial charge in [0.1, 0.15) is 6.26 Å². The third kappa shape index (κ3) is 4.60. The van der Waals surface area contributed by atoms with Crippen molar-refractivity contribution in [1.29, 1.82) is 0 Å². The van der Waals surface area contributed by atoms with Crippen LogP contribution in [0.2, 0.25) is 0 Å². The molecule has 136 valence electrons. The molecule has 8 heteroatoms. The van der Waals surface area contributed by atoms with Gasteiger partial charge in [0.15, 0.2) is 5.69 Å². The second-order valence-electron chi connectivity index (χ2n) is 5.82. The summed E-state index contributed by atoms with van der Waals surface area (Å²) in [5.74, 6) is -0.272. The first-order chi connectivity index (χ1) is 11.7. The number of carbonyl (C=O) groups excluding carboxylic acids is 1. The van der Waals surface area contributed by atoms with Crippen LogP contribution >= 0.6 is 0 Å². The van der Waals surface area contributed by atoms with Crippen LogP contribution in [0.15, 0.2) is 34.9 Å². The lowest BCUT2D eigenvalue weighted by Crippen LogP contribution is -2.25. The van der Waals surface area contributed by atoms with Crippen molar-refractivity contribution >= 4 is 5.91 Å². The van der Waals surface area contributed by atoms with Gasteiger partial charge in [-0.2, -0.15) is 13.2 Å². The molecular formula is C17H20F3N3O2. The molecule has 1 heterocycles. The van der Waals surface area contributed by atoms with Crippen molar-refractivity contribution in [3.8, 4) is 0 Å². The number of nitrogens with two attached hydrogens (primary N) is 1. The Hall–Kier alpha value is -2.35. The van der Waals surface area contributed by atoms with Gasteiger partial charge >= 0.3 is 6.18 Å². The first-order valence-electron chi connectivity index (χ1n) is 7.88. The number of nitrogens with one attached hydrogen (secondary N) is 1. The van der Waals surface area contributed by atoms with Crippen molar-refractivity contribution in [2.75, 3.05) is 0 Å². The average Bonchev–Trinajstić information content (AvgIpc) is 3.07. The molecule has 3 N–H and O–H groups in total. The highest BCUT2D eigenvalue weighted by Gasteiger charge is 2.33. The van der Waals surface area contributed by atoms with Gasteiger partial charge in [-0.15, -0.1) is 0 Å². The summed E-state index contributed by atoms with van der Waals surface area (Å²) in [6.45, 7) is 3.63. The largest absolute Gasteiger partial charge is 0.446 e. The van der Waals surface area contributed by atoms with E-state index in [-0.39, 0.29) is 29.6 Å². The van der Waals surface area contributed by atoms with Crippen LogP contribution in [-0.4, -0.2) is 10.9 Å². The van der Waals surface area contributed by atoms with E-state index in [0.29, 0.717) is 0 Å². The lowest BCUT2D eigenvalue weighted by molar-refractivity contribution is -0.138. The maximum atomic E-state index is 12.9. The van der Waals surface area contributed by atoms with Gasteiger partial charge < -0.3 is 15.5 Å². The maximum Gasteiger partial charge on any atom is 0.416 e. The Bertz CT molecular complexity index is 728.